The van der Waals surface area contributed by atoms with E-state index in [9.17, 15) is 18.0 Å². The molecule has 0 fully saturated rings. The van der Waals surface area contributed by atoms with Gasteiger partial charge >= 0.3 is 12.1 Å². The standard InChI is InChI=1S/C28H35N3O6S2/c1-7-36-25(32)15-9-19-8-14-22(24(16-19)39(34,35)31-28(4,5)6)23-17-29-26(38-23)20-10-12-21(13-11-20)30-27(33)37-18(2)3/h8,10-14,16-18,31H,7,9,15H2,1-6H3,(H,30,33). The van der Waals surface area contributed by atoms with Gasteiger partial charge in [-0.25, -0.2) is 22.9 Å². The van der Waals surface area contributed by atoms with Crippen LogP contribution in [0.4, 0.5) is 10.5 Å². The van der Waals surface area contributed by atoms with Gasteiger partial charge in [-0.15, -0.1) is 11.3 Å². The molecule has 9 nitrogen and oxygen atoms in total. The lowest BCUT2D eigenvalue weighted by Crippen LogP contribution is -2.40. The van der Waals surface area contributed by atoms with E-state index in [2.05, 4.69) is 15.0 Å². The molecule has 0 spiro atoms. The summed E-state index contributed by atoms with van der Waals surface area (Å²) in [5, 5.41) is 3.37. The minimum atomic E-state index is -3.89. The molecule has 2 aromatic carbocycles. The van der Waals surface area contributed by atoms with E-state index in [4.69, 9.17) is 9.47 Å². The minimum Gasteiger partial charge on any atom is -0.466 e. The Bertz CT molecular complexity index is 1410. The van der Waals surface area contributed by atoms with Gasteiger partial charge in [0.05, 0.1) is 22.5 Å². The highest BCUT2D eigenvalue weighted by Gasteiger charge is 2.26. The molecule has 0 bridgehead atoms. The van der Waals surface area contributed by atoms with Crippen LogP contribution < -0.4 is 10.0 Å². The van der Waals surface area contributed by atoms with E-state index in [0.29, 0.717) is 39.7 Å². The summed E-state index contributed by atoms with van der Waals surface area (Å²) < 4.78 is 39.7. The van der Waals surface area contributed by atoms with Crippen molar-refractivity contribution < 1.29 is 27.5 Å². The van der Waals surface area contributed by atoms with Crippen LogP contribution in [0.1, 0.15) is 53.5 Å². The van der Waals surface area contributed by atoms with E-state index in [1.54, 1.807) is 72.0 Å². The van der Waals surface area contributed by atoms with Crippen molar-refractivity contribution >= 4 is 39.1 Å². The first kappa shape index (κ1) is 30.3. The Hall–Kier alpha value is -3.28. The number of hydrogen-bond donors (Lipinski definition) is 2. The molecule has 0 saturated heterocycles. The number of carbonyl (C=O) groups excluding carboxylic acids is 2. The highest BCUT2D eigenvalue weighted by molar-refractivity contribution is 7.89. The third kappa shape index (κ3) is 8.87. The van der Waals surface area contributed by atoms with Crippen molar-refractivity contribution in [2.24, 2.45) is 0 Å². The number of ether oxygens (including phenoxy) is 2. The van der Waals surface area contributed by atoms with Crippen LogP contribution in [-0.4, -0.2) is 43.7 Å². The van der Waals surface area contributed by atoms with Crippen molar-refractivity contribution in [3.63, 3.8) is 0 Å². The van der Waals surface area contributed by atoms with Crippen LogP contribution in [0.25, 0.3) is 21.0 Å². The Morgan fingerprint density at radius 2 is 1.77 bits per heavy atom. The fourth-order valence-corrected chi connectivity index (χ4v) is 6.39. The van der Waals surface area contributed by atoms with Crippen molar-refractivity contribution in [1.29, 1.82) is 0 Å². The van der Waals surface area contributed by atoms with Gasteiger partial charge in [-0.1, -0.05) is 12.1 Å². The number of anilines is 1. The van der Waals surface area contributed by atoms with Gasteiger partial charge in [-0.05, 0) is 83.9 Å². The molecule has 3 rings (SSSR count). The first-order valence-electron chi connectivity index (χ1n) is 12.6. The van der Waals surface area contributed by atoms with Crippen molar-refractivity contribution in [3.05, 3.63) is 54.2 Å². The number of hydrogen-bond acceptors (Lipinski definition) is 8. The summed E-state index contributed by atoms with van der Waals surface area (Å²) in [6.45, 7) is 10.9. The smallest absolute Gasteiger partial charge is 0.411 e. The Morgan fingerprint density at radius 3 is 2.38 bits per heavy atom. The van der Waals surface area contributed by atoms with Crippen LogP contribution in [0.2, 0.25) is 0 Å². The predicted octanol–water partition coefficient (Wildman–Crippen LogP) is 6.01. The largest absolute Gasteiger partial charge is 0.466 e. The molecule has 2 N–H and O–H groups in total. The summed E-state index contributed by atoms with van der Waals surface area (Å²) >= 11 is 1.36. The summed E-state index contributed by atoms with van der Waals surface area (Å²) in [5.41, 5.74) is 1.95. The average Bonchev–Trinajstić information content (AvgIpc) is 3.31. The predicted molar refractivity (Wildman–Crippen MR) is 153 cm³/mol. The summed E-state index contributed by atoms with van der Waals surface area (Å²) in [5.74, 6) is -0.330. The summed E-state index contributed by atoms with van der Waals surface area (Å²) in [7, 11) is -3.89. The lowest BCUT2D eigenvalue weighted by Gasteiger charge is -2.22. The average molecular weight is 574 g/mol. The SMILES string of the molecule is CCOC(=O)CCc1ccc(-c2cnc(-c3ccc(NC(=O)OC(C)C)cc3)s2)c(S(=O)(=O)NC(C)(C)C)c1. The third-order valence-corrected chi connectivity index (χ3v) is 8.07. The van der Waals surface area contributed by atoms with Gasteiger partial charge in [-0.2, -0.15) is 0 Å². The number of aryl methyl sites for hydroxylation is 1. The molecule has 210 valence electrons. The molecule has 0 radical (unpaired) electrons. The molecule has 39 heavy (non-hydrogen) atoms. The number of nitrogens with zero attached hydrogens (tertiary/aromatic N) is 1. The van der Waals surface area contributed by atoms with Crippen molar-refractivity contribution in [2.45, 2.75) is 70.9 Å². The topological polar surface area (TPSA) is 124 Å². The Morgan fingerprint density at radius 1 is 1.08 bits per heavy atom. The normalized spacial score (nSPS) is 11.9. The van der Waals surface area contributed by atoms with Gasteiger partial charge < -0.3 is 9.47 Å². The van der Waals surface area contributed by atoms with Crippen molar-refractivity contribution in [2.75, 3.05) is 11.9 Å². The fourth-order valence-electron chi connectivity index (χ4n) is 3.68. The molecule has 0 saturated carbocycles. The van der Waals surface area contributed by atoms with Crippen LogP contribution in [0.3, 0.4) is 0 Å². The molecular weight excluding hydrogens is 538 g/mol. The maximum atomic E-state index is 13.4. The molecule has 11 heteroatoms. The highest BCUT2D eigenvalue weighted by atomic mass is 32.2. The van der Waals surface area contributed by atoms with E-state index >= 15 is 0 Å². The van der Waals surface area contributed by atoms with Crippen LogP contribution >= 0.6 is 11.3 Å². The number of amides is 1. The van der Waals surface area contributed by atoms with Gasteiger partial charge in [0.2, 0.25) is 10.0 Å². The van der Waals surface area contributed by atoms with Crippen LogP contribution in [0.5, 0.6) is 0 Å². The van der Waals surface area contributed by atoms with Gasteiger partial charge in [0.15, 0.2) is 0 Å². The number of aromatic nitrogens is 1. The van der Waals surface area contributed by atoms with E-state index in [-0.39, 0.29) is 23.4 Å². The maximum Gasteiger partial charge on any atom is 0.411 e. The second-order valence-electron chi connectivity index (χ2n) is 10.2. The monoisotopic (exact) mass is 573 g/mol. The van der Waals surface area contributed by atoms with Gasteiger partial charge in [0.1, 0.15) is 5.01 Å². The van der Waals surface area contributed by atoms with E-state index < -0.39 is 21.7 Å². The molecule has 0 aliphatic rings. The van der Waals surface area contributed by atoms with Crippen LogP contribution in [0.15, 0.2) is 53.6 Å². The minimum absolute atomic E-state index is 0.122. The molecule has 1 heterocycles. The summed E-state index contributed by atoms with van der Waals surface area (Å²) in [4.78, 5) is 29.0. The number of carbonyl (C=O) groups is 2. The van der Waals surface area contributed by atoms with Gasteiger partial charge in [0, 0.05) is 35.0 Å². The number of benzene rings is 2. The molecule has 3 aromatic rings. The first-order valence-corrected chi connectivity index (χ1v) is 14.9. The number of nitrogens with one attached hydrogen (secondary N) is 2. The summed E-state index contributed by atoms with van der Waals surface area (Å²) in [6.07, 6.45) is 1.41. The second-order valence-corrected chi connectivity index (χ2v) is 12.9. The van der Waals surface area contributed by atoms with Crippen molar-refractivity contribution in [1.82, 2.24) is 9.71 Å². The van der Waals surface area contributed by atoms with Gasteiger partial charge in [0.25, 0.3) is 0 Å². The van der Waals surface area contributed by atoms with Crippen molar-refractivity contribution in [3.8, 4) is 21.0 Å². The Kier molecular flexibility index (Phi) is 9.87. The molecule has 1 amide bonds. The Balaban J connectivity index is 1.91. The van der Waals surface area contributed by atoms with E-state index in [1.165, 1.54) is 11.3 Å². The molecule has 0 aliphatic carbocycles. The third-order valence-electron chi connectivity index (χ3n) is 5.19. The number of esters is 1. The van der Waals surface area contributed by atoms with E-state index in [0.717, 1.165) is 5.56 Å². The fraction of sp³-hybridized carbons (Fsp3) is 0.393. The quantitative estimate of drug-likeness (QED) is 0.285. The Labute approximate surface area is 234 Å². The molecule has 0 aliphatic heterocycles. The maximum absolute atomic E-state index is 13.4. The van der Waals surface area contributed by atoms with E-state index in [1.807, 2.05) is 18.2 Å². The van der Waals surface area contributed by atoms with Crippen LogP contribution in [0, 0.1) is 0 Å². The number of rotatable bonds is 10. The molecule has 0 unspecified atom stereocenters. The van der Waals surface area contributed by atoms with Crippen LogP contribution in [-0.2, 0) is 30.7 Å². The van der Waals surface area contributed by atoms with Gasteiger partial charge in [-0.3, -0.25) is 10.1 Å². The highest BCUT2D eigenvalue weighted by Crippen LogP contribution is 2.36. The molecule has 0 atom stereocenters. The lowest BCUT2D eigenvalue weighted by molar-refractivity contribution is -0.143. The second kappa shape index (κ2) is 12.7. The summed E-state index contributed by atoms with van der Waals surface area (Å²) in [6, 6.07) is 12.3. The zero-order chi connectivity index (χ0) is 28.8. The molecule has 1 aromatic heterocycles. The number of sulfonamides is 1. The lowest BCUT2D eigenvalue weighted by atomic mass is 10.1. The first-order chi connectivity index (χ1) is 18.3. The zero-order valence-corrected chi connectivity index (χ0v) is 24.7. The number of thiazole rings is 1. The zero-order valence-electron chi connectivity index (χ0n) is 23.0. The molecular formula is C28H35N3O6S2.